The van der Waals surface area contributed by atoms with Crippen LogP contribution < -0.4 is 10.1 Å². The second-order valence-corrected chi connectivity index (χ2v) is 5.54. The molecule has 0 radical (unpaired) electrons. The van der Waals surface area contributed by atoms with E-state index in [-0.39, 0.29) is 11.9 Å². The van der Waals surface area contributed by atoms with Gasteiger partial charge in [-0.25, -0.2) is 4.39 Å². The van der Waals surface area contributed by atoms with Crippen LogP contribution in [0.2, 0.25) is 0 Å². The normalized spacial score (nSPS) is 12.2. The molecular formula is C16H18BrFN2O. The van der Waals surface area contributed by atoms with Gasteiger partial charge in [0.2, 0.25) is 0 Å². The number of nitrogens with one attached hydrogen (secondary N) is 1. The molecule has 5 heteroatoms. The van der Waals surface area contributed by atoms with Gasteiger partial charge in [-0.3, -0.25) is 4.98 Å². The molecule has 0 aliphatic heterocycles. The van der Waals surface area contributed by atoms with Crippen LogP contribution in [0.4, 0.5) is 4.39 Å². The predicted molar refractivity (Wildman–Crippen MR) is 85.0 cm³/mol. The van der Waals surface area contributed by atoms with Crippen molar-refractivity contribution in [2.45, 2.75) is 19.4 Å². The Morgan fingerprint density at radius 2 is 2.14 bits per heavy atom. The number of benzene rings is 1. The van der Waals surface area contributed by atoms with E-state index in [4.69, 9.17) is 4.74 Å². The number of halogens is 2. The SMILES string of the molecule is CCCOc1cncc(C(NC)c2ccc(F)cc2Br)c1. The van der Waals surface area contributed by atoms with E-state index in [0.717, 1.165) is 27.8 Å². The number of rotatable bonds is 6. The van der Waals surface area contributed by atoms with Crippen LogP contribution in [0, 0.1) is 5.82 Å². The zero-order valence-corrected chi connectivity index (χ0v) is 13.7. The first-order valence-corrected chi connectivity index (χ1v) is 7.65. The van der Waals surface area contributed by atoms with Crippen molar-refractivity contribution in [3.8, 4) is 5.75 Å². The molecule has 0 amide bonds. The summed E-state index contributed by atoms with van der Waals surface area (Å²) in [6, 6.07) is 6.55. The van der Waals surface area contributed by atoms with Crippen LogP contribution in [0.25, 0.3) is 0 Å². The summed E-state index contributed by atoms with van der Waals surface area (Å²) >= 11 is 3.41. The maximum absolute atomic E-state index is 13.2. The minimum Gasteiger partial charge on any atom is -0.492 e. The quantitative estimate of drug-likeness (QED) is 0.850. The number of hydrogen-bond donors (Lipinski definition) is 1. The molecule has 3 nitrogen and oxygen atoms in total. The van der Waals surface area contributed by atoms with Gasteiger partial charge < -0.3 is 10.1 Å². The van der Waals surface area contributed by atoms with Crippen molar-refractivity contribution in [2.24, 2.45) is 0 Å². The van der Waals surface area contributed by atoms with Crippen molar-refractivity contribution in [2.75, 3.05) is 13.7 Å². The van der Waals surface area contributed by atoms with Gasteiger partial charge in [0.15, 0.2) is 0 Å². The number of aromatic nitrogens is 1. The van der Waals surface area contributed by atoms with Crippen LogP contribution in [-0.2, 0) is 0 Å². The fourth-order valence-electron chi connectivity index (χ4n) is 2.13. The van der Waals surface area contributed by atoms with Crippen molar-refractivity contribution in [3.63, 3.8) is 0 Å². The second-order valence-electron chi connectivity index (χ2n) is 4.69. The smallest absolute Gasteiger partial charge is 0.137 e. The molecule has 1 aromatic heterocycles. The molecule has 2 rings (SSSR count). The summed E-state index contributed by atoms with van der Waals surface area (Å²) in [7, 11) is 1.86. The Labute approximate surface area is 132 Å². The van der Waals surface area contributed by atoms with E-state index >= 15 is 0 Å². The summed E-state index contributed by atoms with van der Waals surface area (Å²) in [5.74, 6) is 0.478. The molecule has 21 heavy (non-hydrogen) atoms. The van der Waals surface area contributed by atoms with E-state index in [9.17, 15) is 4.39 Å². The molecule has 0 saturated heterocycles. The summed E-state index contributed by atoms with van der Waals surface area (Å²) < 4.78 is 19.6. The Morgan fingerprint density at radius 1 is 1.33 bits per heavy atom. The number of hydrogen-bond acceptors (Lipinski definition) is 3. The largest absolute Gasteiger partial charge is 0.492 e. The zero-order valence-electron chi connectivity index (χ0n) is 12.1. The van der Waals surface area contributed by atoms with Crippen molar-refractivity contribution in [1.82, 2.24) is 10.3 Å². The molecule has 0 aliphatic carbocycles. The van der Waals surface area contributed by atoms with Crippen LogP contribution in [0.5, 0.6) is 5.75 Å². The molecule has 0 bridgehead atoms. The molecule has 2 aromatic rings. The first kappa shape index (κ1) is 15.9. The molecule has 1 heterocycles. The van der Waals surface area contributed by atoms with Crippen LogP contribution in [0.15, 0.2) is 41.1 Å². The monoisotopic (exact) mass is 352 g/mol. The summed E-state index contributed by atoms with van der Waals surface area (Å²) in [6.45, 7) is 2.72. The molecular weight excluding hydrogens is 335 g/mol. The molecule has 1 unspecified atom stereocenters. The molecule has 0 saturated carbocycles. The van der Waals surface area contributed by atoms with Gasteiger partial charge in [-0.2, -0.15) is 0 Å². The summed E-state index contributed by atoms with van der Waals surface area (Å²) in [6.07, 6.45) is 4.44. The Kier molecular flexibility index (Phi) is 5.70. The van der Waals surface area contributed by atoms with Crippen LogP contribution >= 0.6 is 15.9 Å². The van der Waals surface area contributed by atoms with E-state index in [1.165, 1.54) is 12.1 Å². The van der Waals surface area contributed by atoms with Crippen LogP contribution in [0.3, 0.4) is 0 Å². The maximum Gasteiger partial charge on any atom is 0.137 e. The lowest BCUT2D eigenvalue weighted by Crippen LogP contribution is -2.18. The van der Waals surface area contributed by atoms with Gasteiger partial charge in [0, 0.05) is 10.7 Å². The Balaban J connectivity index is 2.32. The van der Waals surface area contributed by atoms with E-state index in [1.54, 1.807) is 18.5 Å². The summed E-state index contributed by atoms with van der Waals surface area (Å²) in [5.41, 5.74) is 1.92. The molecule has 0 spiro atoms. The topological polar surface area (TPSA) is 34.1 Å². The third kappa shape index (κ3) is 4.02. The van der Waals surface area contributed by atoms with Gasteiger partial charge in [-0.15, -0.1) is 0 Å². The highest BCUT2D eigenvalue weighted by Crippen LogP contribution is 2.30. The lowest BCUT2D eigenvalue weighted by Gasteiger charge is -2.19. The fraction of sp³-hybridized carbons (Fsp3) is 0.312. The predicted octanol–water partition coefficient (Wildman–Crippen LogP) is 4.08. The fourth-order valence-corrected chi connectivity index (χ4v) is 2.71. The minimum absolute atomic E-state index is 0.0855. The highest BCUT2D eigenvalue weighted by molar-refractivity contribution is 9.10. The van der Waals surface area contributed by atoms with E-state index in [0.29, 0.717) is 6.61 Å². The van der Waals surface area contributed by atoms with E-state index in [1.807, 2.05) is 13.1 Å². The van der Waals surface area contributed by atoms with E-state index in [2.05, 4.69) is 33.2 Å². The molecule has 112 valence electrons. The maximum atomic E-state index is 13.2. The number of ether oxygens (including phenoxy) is 1. The molecule has 1 N–H and O–H groups in total. The average Bonchev–Trinajstić information content (AvgIpc) is 2.48. The van der Waals surface area contributed by atoms with E-state index < -0.39 is 0 Å². The molecule has 0 aliphatic rings. The highest BCUT2D eigenvalue weighted by Gasteiger charge is 2.16. The summed E-state index contributed by atoms with van der Waals surface area (Å²) in [5, 5.41) is 3.23. The Hall–Kier alpha value is -1.46. The highest BCUT2D eigenvalue weighted by atomic mass is 79.9. The molecule has 1 aromatic carbocycles. The lowest BCUT2D eigenvalue weighted by molar-refractivity contribution is 0.315. The first-order chi connectivity index (χ1) is 10.2. The lowest BCUT2D eigenvalue weighted by atomic mass is 10.0. The van der Waals surface area contributed by atoms with Crippen molar-refractivity contribution in [3.05, 3.63) is 58.1 Å². The van der Waals surface area contributed by atoms with Crippen LogP contribution in [0.1, 0.15) is 30.5 Å². The van der Waals surface area contributed by atoms with Crippen LogP contribution in [-0.4, -0.2) is 18.6 Å². The minimum atomic E-state index is -0.265. The van der Waals surface area contributed by atoms with Gasteiger partial charge in [0.25, 0.3) is 0 Å². The average molecular weight is 353 g/mol. The summed E-state index contributed by atoms with van der Waals surface area (Å²) in [4.78, 5) is 4.22. The Morgan fingerprint density at radius 3 is 2.81 bits per heavy atom. The molecule has 0 fully saturated rings. The third-order valence-corrected chi connectivity index (χ3v) is 3.79. The standard InChI is InChI=1S/C16H18BrFN2O/c1-3-6-21-13-7-11(9-20-10-13)16(19-2)14-5-4-12(18)8-15(14)17/h4-5,7-10,16,19H,3,6H2,1-2H3. The number of nitrogens with zero attached hydrogens (tertiary/aromatic N) is 1. The first-order valence-electron chi connectivity index (χ1n) is 6.85. The Bertz CT molecular complexity index is 607. The third-order valence-electron chi connectivity index (χ3n) is 3.10. The van der Waals surface area contributed by atoms with Gasteiger partial charge in [0.05, 0.1) is 18.8 Å². The zero-order chi connectivity index (χ0) is 15.2. The van der Waals surface area contributed by atoms with Crippen molar-refractivity contribution in [1.29, 1.82) is 0 Å². The number of pyridine rings is 1. The molecule has 1 atom stereocenters. The van der Waals surface area contributed by atoms with Gasteiger partial charge >= 0.3 is 0 Å². The van der Waals surface area contributed by atoms with Gasteiger partial charge in [-0.1, -0.05) is 28.9 Å². The van der Waals surface area contributed by atoms with Gasteiger partial charge in [-0.05, 0) is 42.8 Å². The van der Waals surface area contributed by atoms with Crippen molar-refractivity contribution < 1.29 is 9.13 Å². The second kappa shape index (κ2) is 7.52. The van der Waals surface area contributed by atoms with Gasteiger partial charge in [0.1, 0.15) is 11.6 Å². The van der Waals surface area contributed by atoms with Crippen molar-refractivity contribution >= 4 is 15.9 Å².